The van der Waals surface area contributed by atoms with Crippen molar-refractivity contribution in [2.75, 3.05) is 0 Å². The van der Waals surface area contributed by atoms with Crippen LogP contribution in [0, 0.1) is 41.7 Å². The summed E-state index contributed by atoms with van der Waals surface area (Å²) in [7, 11) is 0. The maximum absolute atomic E-state index is 5.23. The maximum Gasteiger partial charge on any atom is 0.145 e. The molecule has 0 atom stereocenters. The quantitative estimate of drug-likeness (QED) is 0.181. The summed E-state index contributed by atoms with van der Waals surface area (Å²) in [4.78, 5) is 5.23. The van der Waals surface area contributed by atoms with Crippen LogP contribution < -0.4 is 0 Å². The lowest BCUT2D eigenvalue weighted by atomic mass is 9.99. The Bertz CT molecular complexity index is 3260. The number of fused-ring (bicyclic) bond motifs is 6. The van der Waals surface area contributed by atoms with Crippen LogP contribution in [0.2, 0.25) is 0 Å². The first-order chi connectivity index (χ1) is 26.8. The van der Waals surface area contributed by atoms with E-state index >= 15 is 0 Å². The minimum absolute atomic E-state index is 0.928. The molecule has 2 aromatic heterocycles. The molecule has 252 valence electrons. The number of hydrogen-bond acceptors (Lipinski definition) is 1. The third-order valence-electron chi connectivity index (χ3n) is 10.9. The Morgan fingerprint density at radius 1 is 0.315 bits per heavy atom. The van der Waals surface area contributed by atoms with Gasteiger partial charge in [-0.15, -0.1) is 0 Å². The first kappa shape index (κ1) is 30.4. The highest BCUT2D eigenvalue weighted by atomic mass is 15.1. The molecule has 3 nitrogen and oxygen atoms in total. The molecule has 0 N–H and O–H groups in total. The molecule has 10 aromatic rings. The molecule has 54 heavy (non-hydrogen) atoms. The van der Waals surface area contributed by atoms with E-state index in [1.54, 1.807) is 0 Å². The Morgan fingerprint density at radius 3 is 1.43 bits per heavy atom. The molecule has 2 heterocycles. The Kier molecular flexibility index (Phi) is 6.86. The lowest BCUT2D eigenvalue weighted by Gasteiger charge is -2.12. The fourth-order valence-electron chi connectivity index (χ4n) is 8.49. The highest BCUT2D eigenvalue weighted by Gasteiger charge is 2.16. The molecular weight excluding hydrogens is 655 g/mol. The van der Waals surface area contributed by atoms with Crippen molar-refractivity contribution in [3.05, 3.63) is 242 Å². The Balaban J connectivity index is 1.26. The maximum atomic E-state index is 5.23. The van der Waals surface area contributed by atoms with Gasteiger partial charge in [-0.1, -0.05) is 140 Å². The van der Waals surface area contributed by atoms with Crippen LogP contribution in [0.4, 0.5) is 0 Å². The molecule has 0 spiro atoms. The minimum atomic E-state index is 0.928. The first-order valence-electron chi connectivity index (χ1n) is 18.5. The van der Waals surface area contributed by atoms with Crippen molar-refractivity contribution in [2.24, 2.45) is 0 Å². The summed E-state index contributed by atoms with van der Waals surface area (Å²) in [6.07, 6.45) is 0. The lowest BCUT2D eigenvalue weighted by molar-refractivity contribution is 1.10. The molecule has 0 saturated carbocycles. The second-order valence-corrected chi connectivity index (χ2v) is 14.0. The van der Waals surface area contributed by atoms with Gasteiger partial charge in [-0.3, -0.25) is 4.57 Å². The summed E-state index contributed by atoms with van der Waals surface area (Å²) in [5.41, 5.74) is 8.93. The van der Waals surface area contributed by atoms with Gasteiger partial charge in [0.05, 0.1) is 22.2 Å². The van der Waals surface area contributed by atoms with Crippen LogP contribution >= 0.6 is 0 Å². The molecule has 0 saturated heterocycles. The molecule has 8 aromatic carbocycles. The van der Waals surface area contributed by atoms with E-state index in [1.807, 2.05) is 0 Å². The number of benzene rings is 8. The van der Waals surface area contributed by atoms with Gasteiger partial charge < -0.3 is 4.57 Å². The lowest BCUT2D eigenvalue weighted by Crippen LogP contribution is -1.98. The van der Waals surface area contributed by atoms with Gasteiger partial charge in [-0.2, -0.15) is 0 Å². The number of hydrogen-bond donors (Lipinski definition) is 0. The third-order valence-corrected chi connectivity index (χ3v) is 10.9. The van der Waals surface area contributed by atoms with Crippen LogP contribution in [0.5, 0.6) is 0 Å². The molecule has 11 rings (SSSR count). The number of imidazole rings is 1. The van der Waals surface area contributed by atoms with Gasteiger partial charge in [-0.25, -0.2) is 4.98 Å². The monoisotopic (exact) mass is 687 g/mol. The molecule has 0 unspecified atom stereocenters. The average Bonchev–Trinajstić information content (AvgIpc) is 3.83. The van der Waals surface area contributed by atoms with Crippen molar-refractivity contribution in [2.45, 2.75) is 0 Å². The highest BCUT2D eigenvalue weighted by Crippen LogP contribution is 2.33. The minimum Gasteiger partial charge on any atom is -0.309 e. The first-order valence-corrected chi connectivity index (χ1v) is 18.5. The molecule has 3 heteroatoms. The second kappa shape index (κ2) is 12.2. The fourth-order valence-corrected chi connectivity index (χ4v) is 8.49. The van der Waals surface area contributed by atoms with E-state index in [-0.39, 0.29) is 0 Å². The number of nitrogens with zero attached hydrogens (tertiary/aromatic N) is 3. The molecule has 0 aliphatic heterocycles. The Labute approximate surface area is 310 Å². The van der Waals surface area contributed by atoms with Crippen LogP contribution in [0.1, 0.15) is 0 Å². The third kappa shape index (κ3) is 4.72. The highest BCUT2D eigenvalue weighted by molar-refractivity contribution is 5.89. The molecular formula is C51H33N3. The standard InChI is InChI=1S/C51H33N3/c1-3-16-37(17-4-1)53-48-25-13-7-15-34(48)33-50(53)35-27-29-43-40-21-9-11-23-42(40)46-32-36(28-30-44(46)39-20-8-10-22-41(39)45(43)31-35)51-52-47-24-12-14-26-49(47)54(51)38-18-5-2-6-19-38/h1-33H. The average molecular weight is 688 g/mol. The zero-order valence-corrected chi connectivity index (χ0v) is 29.4. The van der Waals surface area contributed by atoms with Gasteiger partial charge in [-0.05, 0) is 108 Å². The van der Waals surface area contributed by atoms with Crippen molar-refractivity contribution in [1.29, 1.82) is 0 Å². The SMILES string of the molecule is c1ccc(-n2c(-c3ccc4c(c3)=c3ccccc3=c3ccc(-c5nc6ccccc6n5-c5ccccc5)cc3=c3ccccc3=4)cc3ccccc32)cc1. The summed E-state index contributed by atoms with van der Waals surface area (Å²) in [5.74, 6) is 0.928. The van der Waals surface area contributed by atoms with Gasteiger partial charge >= 0.3 is 0 Å². The van der Waals surface area contributed by atoms with Gasteiger partial charge in [0.2, 0.25) is 0 Å². The number of rotatable bonds is 4. The van der Waals surface area contributed by atoms with Crippen molar-refractivity contribution >= 4 is 21.9 Å². The van der Waals surface area contributed by atoms with Crippen molar-refractivity contribution < 1.29 is 0 Å². The summed E-state index contributed by atoms with van der Waals surface area (Å²) >= 11 is 0. The number of para-hydroxylation sites is 5. The van der Waals surface area contributed by atoms with Gasteiger partial charge in [0.15, 0.2) is 0 Å². The van der Waals surface area contributed by atoms with E-state index in [4.69, 9.17) is 4.98 Å². The Hall–Kier alpha value is -7.23. The summed E-state index contributed by atoms with van der Waals surface area (Å²) < 4.78 is 4.67. The number of aromatic nitrogens is 3. The summed E-state index contributed by atoms with van der Waals surface area (Å²) in [6, 6.07) is 72.3. The van der Waals surface area contributed by atoms with Crippen molar-refractivity contribution in [3.8, 4) is 34.0 Å². The predicted octanol–water partition coefficient (Wildman–Crippen LogP) is 11.8. The van der Waals surface area contributed by atoms with Crippen LogP contribution in [0.25, 0.3) is 56.0 Å². The normalized spacial score (nSPS) is 11.7. The zero-order chi connectivity index (χ0) is 35.6. The predicted molar refractivity (Wildman–Crippen MR) is 219 cm³/mol. The fraction of sp³-hybridized carbons (Fsp3) is 0. The van der Waals surface area contributed by atoms with Crippen LogP contribution in [0.15, 0.2) is 200 Å². The van der Waals surface area contributed by atoms with E-state index < -0.39 is 0 Å². The summed E-state index contributed by atoms with van der Waals surface area (Å²) in [6.45, 7) is 0. The smallest absolute Gasteiger partial charge is 0.145 e. The van der Waals surface area contributed by atoms with E-state index in [1.165, 1.54) is 63.9 Å². The van der Waals surface area contributed by atoms with E-state index in [0.717, 1.165) is 33.8 Å². The second-order valence-electron chi connectivity index (χ2n) is 14.0. The van der Waals surface area contributed by atoms with E-state index in [0.29, 0.717) is 0 Å². The van der Waals surface area contributed by atoms with Crippen LogP contribution in [0.3, 0.4) is 0 Å². The van der Waals surface area contributed by atoms with Gasteiger partial charge in [0.1, 0.15) is 5.82 Å². The molecule has 0 bridgehead atoms. The van der Waals surface area contributed by atoms with Crippen molar-refractivity contribution in [1.82, 2.24) is 14.1 Å². The molecule has 0 radical (unpaired) electrons. The topological polar surface area (TPSA) is 22.8 Å². The van der Waals surface area contributed by atoms with Gasteiger partial charge in [0.25, 0.3) is 0 Å². The molecule has 0 fully saturated rings. The molecule has 1 aliphatic rings. The van der Waals surface area contributed by atoms with Crippen molar-refractivity contribution in [3.63, 3.8) is 0 Å². The molecule has 1 aliphatic carbocycles. The van der Waals surface area contributed by atoms with Crippen LogP contribution in [-0.4, -0.2) is 14.1 Å². The zero-order valence-electron chi connectivity index (χ0n) is 29.4. The van der Waals surface area contributed by atoms with Gasteiger partial charge in [0, 0.05) is 22.3 Å². The molecule has 0 amide bonds. The van der Waals surface area contributed by atoms with E-state index in [2.05, 4.69) is 209 Å². The summed E-state index contributed by atoms with van der Waals surface area (Å²) in [5, 5.41) is 10.9. The largest absolute Gasteiger partial charge is 0.309 e. The van der Waals surface area contributed by atoms with Crippen LogP contribution in [-0.2, 0) is 0 Å². The Morgan fingerprint density at radius 2 is 0.778 bits per heavy atom. The van der Waals surface area contributed by atoms with E-state index in [9.17, 15) is 0 Å².